The van der Waals surface area contributed by atoms with Crippen molar-refractivity contribution >= 4 is 5.78 Å². The molecule has 1 atom stereocenters. The molecule has 0 N–H and O–H groups in total. The van der Waals surface area contributed by atoms with Gasteiger partial charge in [0, 0.05) is 16.9 Å². The molecule has 0 saturated heterocycles. The van der Waals surface area contributed by atoms with Crippen LogP contribution < -0.4 is 23.7 Å². The monoisotopic (exact) mass is 523 g/mol. The third-order valence-electron chi connectivity index (χ3n) is 5.86. The number of ether oxygens (including phenoxy) is 5. The van der Waals surface area contributed by atoms with Crippen molar-refractivity contribution in [2.24, 2.45) is 0 Å². The predicted octanol–water partition coefficient (Wildman–Crippen LogP) is 5.71. The van der Waals surface area contributed by atoms with E-state index in [4.69, 9.17) is 23.7 Å². The molecule has 0 aliphatic rings. The first-order valence-electron chi connectivity index (χ1n) is 12.2. The number of nitro groups is 1. The van der Waals surface area contributed by atoms with Crippen LogP contribution in [-0.2, 0) is 6.61 Å². The molecule has 3 aromatic rings. The fraction of sp³-hybridized carbons (Fsp3) is 0.345. The first-order chi connectivity index (χ1) is 18.2. The summed E-state index contributed by atoms with van der Waals surface area (Å²) in [6.45, 7) is 3.69. The van der Waals surface area contributed by atoms with Crippen LogP contribution >= 0.6 is 0 Å². The van der Waals surface area contributed by atoms with Gasteiger partial charge >= 0.3 is 0 Å². The Morgan fingerprint density at radius 3 is 2.11 bits per heavy atom. The van der Waals surface area contributed by atoms with Crippen LogP contribution in [0.2, 0.25) is 0 Å². The van der Waals surface area contributed by atoms with Gasteiger partial charge in [-0.1, -0.05) is 18.2 Å². The molecule has 0 aliphatic heterocycles. The number of hydrogen-bond acceptors (Lipinski definition) is 8. The van der Waals surface area contributed by atoms with Gasteiger partial charge in [-0.2, -0.15) is 0 Å². The Labute approximate surface area is 222 Å². The van der Waals surface area contributed by atoms with Crippen LogP contribution in [0.3, 0.4) is 0 Å². The van der Waals surface area contributed by atoms with Crippen LogP contribution in [-0.4, -0.2) is 44.7 Å². The zero-order valence-electron chi connectivity index (χ0n) is 22.3. The maximum absolute atomic E-state index is 13.2. The average molecular weight is 524 g/mol. The second-order valence-corrected chi connectivity index (χ2v) is 8.92. The number of carbonyl (C=O) groups is 1. The minimum absolute atomic E-state index is 0.0657. The van der Waals surface area contributed by atoms with Gasteiger partial charge in [0.1, 0.15) is 12.4 Å². The first kappa shape index (κ1) is 28.3. The van der Waals surface area contributed by atoms with Gasteiger partial charge in [-0.3, -0.25) is 14.9 Å². The Morgan fingerprint density at radius 1 is 0.842 bits per heavy atom. The number of benzene rings is 3. The van der Waals surface area contributed by atoms with Crippen molar-refractivity contribution < 1.29 is 33.4 Å². The molecule has 0 saturated carbocycles. The molecule has 9 heteroatoms. The van der Waals surface area contributed by atoms with Gasteiger partial charge < -0.3 is 23.7 Å². The molecular weight excluding hydrogens is 490 g/mol. The van der Waals surface area contributed by atoms with Crippen LogP contribution in [0.15, 0.2) is 60.7 Å². The summed E-state index contributed by atoms with van der Waals surface area (Å²) in [6, 6.07) is 17.5. The average Bonchev–Trinajstić information content (AvgIpc) is 2.91. The van der Waals surface area contributed by atoms with Crippen LogP contribution in [0.5, 0.6) is 28.7 Å². The van der Waals surface area contributed by atoms with Crippen molar-refractivity contribution in [2.75, 3.05) is 27.9 Å². The fourth-order valence-electron chi connectivity index (χ4n) is 3.94. The molecule has 0 fully saturated rings. The van der Waals surface area contributed by atoms with E-state index in [1.165, 1.54) is 14.2 Å². The highest BCUT2D eigenvalue weighted by Crippen LogP contribution is 2.34. The number of ketones is 1. The number of hydrogen-bond donors (Lipinski definition) is 0. The third kappa shape index (κ3) is 7.61. The summed E-state index contributed by atoms with van der Waals surface area (Å²) >= 11 is 0. The summed E-state index contributed by atoms with van der Waals surface area (Å²) in [4.78, 5) is 24.2. The largest absolute Gasteiger partial charge is 0.497 e. The normalized spacial score (nSPS) is 11.5. The van der Waals surface area contributed by atoms with E-state index in [2.05, 4.69) is 0 Å². The van der Waals surface area contributed by atoms with Crippen molar-refractivity contribution in [1.29, 1.82) is 0 Å². The Hall–Kier alpha value is -4.27. The predicted molar refractivity (Wildman–Crippen MR) is 143 cm³/mol. The zero-order chi connectivity index (χ0) is 27.7. The summed E-state index contributed by atoms with van der Waals surface area (Å²) in [5.41, 5.74) is 1.93. The summed E-state index contributed by atoms with van der Waals surface area (Å²) in [5, 5.41) is 11.4. The molecule has 1 unspecified atom stereocenters. The van der Waals surface area contributed by atoms with Gasteiger partial charge in [0.2, 0.25) is 6.54 Å². The minimum atomic E-state index is -0.656. The number of rotatable bonds is 14. The summed E-state index contributed by atoms with van der Waals surface area (Å²) in [6.07, 6.45) is -0.131. The van der Waals surface area contributed by atoms with E-state index >= 15 is 0 Å². The van der Waals surface area contributed by atoms with Gasteiger partial charge in [0.15, 0.2) is 28.8 Å². The van der Waals surface area contributed by atoms with E-state index < -0.39 is 17.4 Å². The van der Waals surface area contributed by atoms with Gasteiger partial charge in [0.05, 0.1) is 33.4 Å². The molecule has 3 rings (SSSR count). The van der Waals surface area contributed by atoms with Crippen LogP contribution in [0.1, 0.15) is 47.7 Å². The van der Waals surface area contributed by atoms with Gasteiger partial charge in [-0.15, -0.1) is 0 Å². The topological polar surface area (TPSA) is 106 Å². The highest BCUT2D eigenvalue weighted by molar-refractivity contribution is 5.97. The van der Waals surface area contributed by atoms with E-state index in [1.807, 2.05) is 38.1 Å². The number of carbonyl (C=O) groups excluding carboxylic acids is 1. The zero-order valence-corrected chi connectivity index (χ0v) is 22.3. The first-order valence-corrected chi connectivity index (χ1v) is 12.2. The van der Waals surface area contributed by atoms with Crippen molar-refractivity contribution in [3.63, 3.8) is 0 Å². The molecule has 0 aliphatic carbocycles. The van der Waals surface area contributed by atoms with Crippen LogP contribution in [0, 0.1) is 10.1 Å². The Morgan fingerprint density at radius 2 is 1.50 bits per heavy atom. The fourth-order valence-corrected chi connectivity index (χ4v) is 3.94. The highest BCUT2D eigenvalue weighted by Gasteiger charge is 2.24. The highest BCUT2D eigenvalue weighted by atomic mass is 16.6. The summed E-state index contributed by atoms with van der Waals surface area (Å²) in [5.74, 6) is 1.71. The Balaban J connectivity index is 1.77. The van der Waals surface area contributed by atoms with E-state index in [9.17, 15) is 14.9 Å². The van der Waals surface area contributed by atoms with Crippen molar-refractivity contribution in [2.45, 2.75) is 38.9 Å². The van der Waals surface area contributed by atoms with Crippen LogP contribution in [0.25, 0.3) is 0 Å². The Bertz CT molecular complexity index is 1240. The molecule has 0 spiro atoms. The number of Topliss-reactive ketones (excluding diaryl/α,β-unsaturated/α-hetero) is 1. The van der Waals surface area contributed by atoms with E-state index in [-0.39, 0.29) is 18.3 Å². The lowest BCUT2D eigenvalue weighted by atomic mass is 9.91. The maximum atomic E-state index is 13.2. The van der Waals surface area contributed by atoms with E-state index in [0.29, 0.717) is 40.7 Å². The van der Waals surface area contributed by atoms with Crippen molar-refractivity contribution in [1.82, 2.24) is 0 Å². The van der Waals surface area contributed by atoms with Crippen LogP contribution in [0.4, 0.5) is 0 Å². The van der Waals surface area contributed by atoms with Gasteiger partial charge in [0.25, 0.3) is 0 Å². The minimum Gasteiger partial charge on any atom is -0.497 e. The summed E-state index contributed by atoms with van der Waals surface area (Å²) in [7, 11) is 4.60. The third-order valence-corrected chi connectivity index (χ3v) is 5.86. The standard InChI is InChI=1S/C29H33NO8/c1-19(2)38-27-13-8-21(15-29(27)36-5)23(17-30(32)33)14-25(31)22-9-12-26(28(16-22)35-4)37-18-20-6-10-24(34-3)11-7-20/h6-13,15-16,19,23H,14,17-18H2,1-5H3. The van der Waals surface area contributed by atoms with Crippen molar-refractivity contribution in [3.05, 3.63) is 87.5 Å². The van der Waals surface area contributed by atoms with Crippen molar-refractivity contribution in [3.8, 4) is 28.7 Å². The molecule has 0 heterocycles. The lowest BCUT2D eigenvalue weighted by Crippen LogP contribution is -2.17. The molecular formula is C29H33NO8. The molecule has 9 nitrogen and oxygen atoms in total. The van der Waals surface area contributed by atoms with E-state index in [1.54, 1.807) is 43.5 Å². The lowest BCUT2D eigenvalue weighted by Gasteiger charge is -2.18. The molecule has 0 aromatic heterocycles. The molecule has 3 aromatic carbocycles. The second kappa shape index (κ2) is 13.3. The lowest BCUT2D eigenvalue weighted by molar-refractivity contribution is -0.483. The van der Waals surface area contributed by atoms with E-state index in [0.717, 1.165) is 11.3 Å². The van der Waals surface area contributed by atoms with Gasteiger partial charge in [-0.05, 0) is 67.4 Å². The second-order valence-electron chi connectivity index (χ2n) is 8.92. The van der Waals surface area contributed by atoms with Gasteiger partial charge in [-0.25, -0.2) is 0 Å². The smallest absolute Gasteiger partial charge is 0.211 e. The summed E-state index contributed by atoms with van der Waals surface area (Å²) < 4.78 is 27.7. The molecule has 38 heavy (non-hydrogen) atoms. The molecule has 0 radical (unpaired) electrons. The maximum Gasteiger partial charge on any atom is 0.211 e. The Kier molecular flexibility index (Phi) is 9.92. The SMILES string of the molecule is COc1ccc(COc2ccc(C(=O)CC(C[N+](=O)[O-])c3ccc(OC(C)C)c(OC)c3)cc2OC)cc1. The molecule has 202 valence electrons. The molecule has 0 amide bonds. The number of nitrogens with zero attached hydrogens (tertiary/aromatic N) is 1. The molecule has 0 bridgehead atoms. The number of methoxy groups -OCH3 is 3. The quantitative estimate of drug-likeness (QED) is 0.150.